The van der Waals surface area contributed by atoms with Crippen LogP contribution < -0.4 is 0 Å². The highest BCUT2D eigenvalue weighted by Crippen LogP contribution is 2.46. The zero-order valence-corrected chi connectivity index (χ0v) is 7.60. The SMILES string of the molecule is Oc1cccc(C(F)C(F)(F)C(F)(F)F)c1. The van der Waals surface area contributed by atoms with Gasteiger partial charge in [0.25, 0.3) is 0 Å². The van der Waals surface area contributed by atoms with Crippen molar-refractivity contribution in [3.8, 4) is 5.75 Å². The zero-order chi connectivity index (χ0) is 12.6. The minimum atomic E-state index is -5.97. The van der Waals surface area contributed by atoms with Gasteiger partial charge in [-0.2, -0.15) is 22.0 Å². The lowest BCUT2D eigenvalue weighted by atomic mass is 10.0. The van der Waals surface area contributed by atoms with Crippen molar-refractivity contribution in [1.29, 1.82) is 0 Å². The van der Waals surface area contributed by atoms with Crippen molar-refractivity contribution in [1.82, 2.24) is 0 Å². The number of phenolic OH excluding ortho intramolecular Hbond substituents is 1. The molecule has 7 heteroatoms. The van der Waals surface area contributed by atoms with Crippen molar-refractivity contribution >= 4 is 0 Å². The standard InChI is InChI=1S/C9H6F6O/c10-7(8(11,12)9(13,14)15)5-2-1-3-6(16)4-5/h1-4,7,16H. The molecule has 0 saturated carbocycles. The molecule has 1 atom stereocenters. The maximum atomic E-state index is 13.0. The average molecular weight is 244 g/mol. The monoisotopic (exact) mass is 244 g/mol. The van der Waals surface area contributed by atoms with Crippen LogP contribution in [-0.4, -0.2) is 17.2 Å². The number of hydrogen-bond donors (Lipinski definition) is 1. The summed E-state index contributed by atoms with van der Waals surface area (Å²) in [6.07, 6.45) is -9.52. The number of aromatic hydroxyl groups is 1. The van der Waals surface area contributed by atoms with Crippen molar-refractivity contribution < 1.29 is 31.4 Å². The van der Waals surface area contributed by atoms with Gasteiger partial charge < -0.3 is 5.11 Å². The van der Waals surface area contributed by atoms with Gasteiger partial charge in [-0.3, -0.25) is 0 Å². The van der Waals surface area contributed by atoms with Crippen molar-refractivity contribution in [2.24, 2.45) is 0 Å². The molecule has 0 aliphatic rings. The molecule has 0 aromatic heterocycles. The molecule has 0 bridgehead atoms. The third-order valence-corrected chi connectivity index (χ3v) is 1.86. The van der Waals surface area contributed by atoms with Crippen LogP contribution >= 0.6 is 0 Å². The maximum Gasteiger partial charge on any atom is 0.456 e. The number of benzene rings is 1. The summed E-state index contributed by atoms with van der Waals surface area (Å²) in [7, 11) is 0. The van der Waals surface area contributed by atoms with Gasteiger partial charge in [0.1, 0.15) is 5.75 Å². The molecular formula is C9H6F6O. The second-order valence-electron chi connectivity index (χ2n) is 3.08. The molecule has 1 rings (SSSR count). The molecule has 0 aliphatic heterocycles. The minimum Gasteiger partial charge on any atom is -0.508 e. The fourth-order valence-corrected chi connectivity index (χ4v) is 1.04. The van der Waals surface area contributed by atoms with Crippen LogP contribution in [0.25, 0.3) is 0 Å². The molecule has 0 radical (unpaired) electrons. The van der Waals surface area contributed by atoms with E-state index in [1.54, 1.807) is 0 Å². The molecule has 90 valence electrons. The van der Waals surface area contributed by atoms with Gasteiger partial charge in [0.15, 0.2) is 6.17 Å². The molecular weight excluding hydrogens is 238 g/mol. The van der Waals surface area contributed by atoms with Gasteiger partial charge in [-0.25, -0.2) is 4.39 Å². The zero-order valence-electron chi connectivity index (χ0n) is 7.60. The van der Waals surface area contributed by atoms with E-state index >= 15 is 0 Å². The van der Waals surface area contributed by atoms with E-state index < -0.39 is 29.6 Å². The van der Waals surface area contributed by atoms with Crippen molar-refractivity contribution in [2.45, 2.75) is 18.3 Å². The Morgan fingerprint density at radius 3 is 2.06 bits per heavy atom. The van der Waals surface area contributed by atoms with Crippen LogP contribution in [0.4, 0.5) is 26.3 Å². The normalized spacial score (nSPS) is 14.9. The third kappa shape index (κ3) is 2.23. The summed E-state index contributed by atoms with van der Waals surface area (Å²) in [5, 5.41) is 8.84. The second kappa shape index (κ2) is 3.88. The Bertz CT molecular complexity index is 373. The van der Waals surface area contributed by atoms with E-state index in [1.807, 2.05) is 0 Å². The van der Waals surface area contributed by atoms with Crippen LogP contribution in [0.15, 0.2) is 24.3 Å². The predicted molar refractivity (Wildman–Crippen MR) is 43.0 cm³/mol. The van der Waals surface area contributed by atoms with E-state index in [0.29, 0.717) is 6.07 Å². The molecule has 0 aliphatic carbocycles. The fourth-order valence-electron chi connectivity index (χ4n) is 1.04. The number of hydrogen-bond acceptors (Lipinski definition) is 1. The Kier molecular flexibility index (Phi) is 3.07. The summed E-state index contributed by atoms with van der Waals surface area (Å²) < 4.78 is 73.6. The first-order chi connectivity index (χ1) is 7.16. The summed E-state index contributed by atoms with van der Waals surface area (Å²) >= 11 is 0. The highest BCUT2D eigenvalue weighted by Gasteiger charge is 2.63. The first kappa shape index (κ1) is 12.7. The summed E-state index contributed by atoms with van der Waals surface area (Å²) in [5.74, 6) is -6.07. The molecule has 0 fully saturated rings. The van der Waals surface area contributed by atoms with E-state index in [1.165, 1.54) is 0 Å². The van der Waals surface area contributed by atoms with E-state index in [2.05, 4.69) is 0 Å². The number of alkyl halides is 6. The van der Waals surface area contributed by atoms with Crippen LogP contribution in [-0.2, 0) is 0 Å². The van der Waals surface area contributed by atoms with Gasteiger partial charge in [0.05, 0.1) is 0 Å². The average Bonchev–Trinajstić information content (AvgIpc) is 2.14. The van der Waals surface area contributed by atoms with E-state index in [4.69, 9.17) is 5.11 Å². The van der Waals surface area contributed by atoms with Gasteiger partial charge in [-0.15, -0.1) is 0 Å². The van der Waals surface area contributed by atoms with Crippen LogP contribution in [0.2, 0.25) is 0 Å². The minimum absolute atomic E-state index is 0.518. The quantitative estimate of drug-likeness (QED) is 0.788. The lowest BCUT2D eigenvalue weighted by Gasteiger charge is -2.23. The molecule has 0 saturated heterocycles. The van der Waals surface area contributed by atoms with E-state index in [0.717, 1.165) is 18.2 Å². The predicted octanol–water partition coefficient (Wildman–Crippen LogP) is 3.60. The van der Waals surface area contributed by atoms with Crippen LogP contribution in [0.3, 0.4) is 0 Å². The highest BCUT2D eigenvalue weighted by molar-refractivity contribution is 5.30. The molecule has 0 amide bonds. The molecule has 0 spiro atoms. The molecule has 0 heterocycles. The molecule has 1 N–H and O–H groups in total. The van der Waals surface area contributed by atoms with Gasteiger partial charge in [0, 0.05) is 0 Å². The number of rotatable bonds is 2. The second-order valence-corrected chi connectivity index (χ2v) is 3.08. The molecule has 16 heavy (non-hydrogen) atoms. The summed E-state index contributed by atoms with van der Waals surface area (Å²) in [6.45, 7) is 0. The number of halogens is 6. The Morgan fingerprint density at radius 2 is 1.62 bits per heavy atom. The summed E-state index contributed by atoms with van der Waals surface area (Å²) in [5.41, 5.74) is -0.928. The Labute approximate surface area is 86.3 Å². The topological polar surface area (TPSA) is 20.2 Å². The summed E-state index contributed by atoms with van der Waals surface area (Å²) in [6, 6.07) is 3.26. The highest BCUT2D eigenvalue weighted by atomic mass is 19.4. The summed E-state index contributed by atoms with van der Waals surface area (Å²) in [4.78, 5) is 0. The lowest BCUT2D eigenvalue weighted by molar-refractivity contribution is -0.305. The van der Waals surface area contributed by atoms with Crippen LogP contribution in [0.1, 0.15) is 11.7 Å². The van der Waals surface area contributed by atoms with Crippen molar-refractivity contribution in [2.75, 3.05) is 0 Å². The van der Waals surface area contributed by atoms with Crippen LogP contribution in [0.5, 0.6) is 5.75 Å². The molecule has 1 unspecified atom stereocenters. The Morgan fingerprint density at radius 1 is 1.06 bits per heavy atom. The van der Waals surface area contributed by atoms with Gasteiger partial charge in [-0.05, 0) is 17.7 Å². The Hall–Kier alpha value is -1.40. The maximum absolute atomic E-state index is 13.0. The lowest BCUT2D eigenvalue weighted by Crippen LogP contribution is -2.40. The van der Waals surface area contributed by atoms with Crippen molar-refractivity contribution in [3.63, 3.8) is 0 Å². The number of phenols is 1. The largest absolute Gasteiger partial charge is 0.508 e. The first-order valence-corrected chi connectivity index (χ1v) is 4.04. The molecule has 1 aromatic rings. The van der Waals surface area contributed by atoms with Gasteiger partial charge in [-0.1, -0.05) is 12.1 Å². The van der Waals surface area contributed by atoms with E-state index in [-0.39, 0.29) is 0 Å². The first-order valence-electron chi connectivity index (χ1n) is 4.04. The van der Waals surface area contributed by atoms with E-state index in [9.17, 15) is 26.3 Å². The van der Waals surface area contributed by atoms with Gasteiger partial charge >= 0.3 is 12.1 Å². The van der Waals surface area contributed by atoms with Gasteiger partial charge in [0.2, 0.25) is 0 Å². The van der Waals surface area contributed by atoms with Crippen LogP contribution in [0, 0.1) is 0 Å². The molecule has 1 nitrogen and oxygen atoms in total. The van der Waals surface area contributed by atoms with Crippen molar-refractivity contribution in [3.05, 3.63) is 29.8 Å². The third-order valence-electron chi connectivity index (χ3n) is 1.86. The Balaban J connectivity index is 3.07. The fraction of sp³-hybridized carbons (Fsp3) is 0.333. The smallest absolute Gasteiger partial charge is 0.456 e. The molecule has 1 aromatic carbocycles.